The molecule has 1 N–H and O–H groups in total. The van der Waals surface area contributed by atoms with E-state index < -0.39 is 0 Å². The van der Waals surface area contributed by atoms with E-state index in [1.165, 1.54) is 5.56 Å². The maximum Gasteiger partial charge on any atom is 0.168 e. The Kier molecular flexibility index (Phi) is 4.23. The molecule has 1 unspecified atom stereocenters. The first-order chi connectivity index (χ1) is 8.29. The zero-order valence-electron chi connectivity index (χ0n) is 10.1. The van der Waals surface area contributed by atoms with Crippen molar-refractivity contribution in [2.45, 2.75) is 25.9 Å². The fourth-order valence-electron chi connectivity index (χ4n) is 1.83. The van der Waals surface area contributed by atoms with Crippen LogP contribution >= 0.6 is 0 Å². The molecule has 4 nitrogen and oxygen atoms in total. The molecule has 0 saturated carbocycles. The fraction of sp³-hybridized carbons (Fsp3) is 0.538. The topological polar surface area (TPSA) is 51.2 Å². The summed E-state index contributed by atoms with van der Waals surface area (Å²) in [5, 5.41) is 3.15. The Morgan fingerprint density at radius 1 is 1.59 bits per heavy atom. The third-order valence-electron chi connectivity index (χ3n) is 2.94. The summed E-state index contributed by atoms with van der Waals surface area (Å²) in [4.78, 5) is 16.2. The van der Waals surface area contributed by atoms with Gasteiger partial charge in [0.05, 0.1) is 13.0 Å². The number of ketones is 1. The van der Waals surface area contributed by atoms with E-state index in [1.807, 2.05) is 18.3 Å². The Morgan fingerprint density at radius 2 is 2.47 bits per heavy atom. The molecule has 1 fully saturated rings. The molecule has 1 aromatic rings. The van der Waals surface area contributed by atoms with E-state index >= 15 is 0 Å². The van der Waals surface area contributed by atoms with Gasteiger partial charge in [-0.3, -0.25) is 9.78 Å². The van der Waals surface area contributed by atoms with Crippen molar-refractivity contribution in [3.63, 3.8) is 0 Å². The highest BCUT2D eigenvalue weighted by molar-refractivity contribution is 5.85. The average Bonchev–Trinajstić information content (AvgIpc) is 2.40. The average molecular weight is 234 g/mol. The summed E-state index contributed by atoms with van der Waals surface area (Å²) >= 11 is 0. The van der Waals surface area contributed by atoms with Gasteiger partial charge in [-0.1, -0.05) is 13.0 Å². The van der Waals surface area contributed by atoms with Crippen LogP contribution in [0.25, 0.3) is 0 Å². The van der Waals surface area contributed by atoms with Crippen LogP contribution in [0.3, 0.4) is 0 Å². The third-order valence-corrected chi connectivity index (χ3v) is 2.94. The van der Waals surface area contributed by atoms with E-state index in [1.54, 1.807) is 0 Å². The van der Waals surface area contributed by atoms with Crippen LogP contribution in [0.2, 0.25) is 0 Å². The van der Waals surface area contributed by atoms with Gasteiger partial charge in [-0.2, -0.15) is 0 Å². The monoisotopic (exact) mass is 234 g/mol. The predicted molar refractivity (Wildman–Crippen MR) is 64.9 cm³/mol. The Bertz CT molecular complexity index is 370. The van der Waals surface area contributed by atoms with Crippen LogP contribution < -0.4 is 5.32 Å². The molecule has 0 amide bonds. The Hall–Kier alpha value is -1.26. The normalized spacial score (nSPS) is 20.2. The minimum atomic E-state index is -0.309. The molecule has 92 valence electrons. The quantitative estimate of drug-likeness (QED) is 0.835. The van der Waals surface area contributed by atoms with Gasteiger partial charge in [-0.05, 0) is 18.1 Å². The number of hydrogen-bond donors (Lipinski definition) is 1. The molecule has 2 rings (SSSR count). The summed E-state index contributed by atoms with van der Waals surface area (Å²) < 4.78 is 5.42. The molecule has 0 spiro atoms. The lowest BCUT2D eigenvalue weighted by molar-refractivity contribution is -0.131. The van der Waals surface area contributed by atoms with Gasteiger partial charge in [0.25, 0.3) is 0 Å². The summed E-state index contributed by atoms with van der Waals surface area (Å²) in [5.41, 5.74) is 2.01. The molecule has 0 aromatic carbocycles. The first kappa shape index (κ1) is 12.2. The highest BCUT2D eigenvalue weighted by atomic mass is 16.5. The van der Waals surface area contributed by atoms with Gasteiger partial charge in [0, 0.05) is 25.0 Å². The molecule has 0 bridgehead atoms. The molecule has 0 radical (unpaired) electrons. The molecular weight excluding hydrogens is 216 g/mol. The summed E-state index contributed by atoms with van der Waals surface area (Å²) in [7, 11) is 0. The second-order valence-electron chi connectivity index (χ2n) is 4.22. The lowest BCUT2D eigenvalue weighted by atomic mass is 10.1. The first-order valence-corrected chi connectivity index (χ1v) is 6.08. The number of rotatable bonds is 4. The smallest absolute Gasteiger partial charge is 0.168 e. The van der Waals surface area contributed by atoms with Crippen molar-refractivity contribution < 1.29 is 9.53 Å². The lowest BCUT2D eigenvalue weighted by Crippen LogP contribution is -2.43. The van der Waals surface area contributed by atoms with Crippen molar-refractivity contribution in [2.75, 3.05) is 19.7 Å². The Morgan fingerprint density at radius 3 is 3.06 bits per heavy atom. The van der Waals surface area contributed by atoms with E-state index in [4.69, 9.17) is 4.74 Å². The molecule has 1 aromatic heterocycles. The lowest BCUT2D eigenvalue weighted by Gasteiger charge is -2.22. The van der Waals surface area contributed by atoms with E-state index in [0.29, 0.717) is 19.6 Å². The van der Waals surface area contributed by atoms with Crippen molar-refractivity contribution in [3.8, 4) is 0 Å². The molecule has 17 heavy (non-hydrogen) atoms. The number of pyridine rings is 1. The van der Waals surface area contributed by atoms with Crippen LogP contribution in [0.4, 0.5) is 0 Å². The number of nitrogens with zero attached hydrogens (tertiary/aromatic N) is 1. The second-order valence-corrected chi connectivity index (χ2v) is 4.22. The summed E-state index contributed by atoms with van der Waals surface area (Å²) in [5.74, 6) is 0.106. The number of Topliss-reactive ketones (excluding diaryl/α,β-unsaturated/α-hetero) is 1. The zero-order valence-corrected chi connectivity index (χ0v) is 10.1. The van der Waals surface area contributed by atoms with Gasteiger partial charge in [-0.15, -0.1) is 0 Å². The highest BCUT2D eigenvalue weighted by Gasteiger charge is 2.21. The molecule has 2 heterocycles. The second kappa shape index (κ2) is 5.89. The fourth-order valence-corrected chi connectivity index (χ4v) is 1.83. The van der Waals surface area contributed by atoms with E-state index in [0.717, 1.165) is 18.7 Å². The van der Waals surface area contributed by atoms with E-state index in [-0.39, 0.29) is 11.9 Å². The minimum Gasteiger partial charge on any atom is -0.368 e. The van der Waals surface area contributed by atoms with Gasteiger partial charge >= 0.3 is 0 Å². The van der Waals surface area contributed by atoms with Crippen molar-refractivity contribution >= 4 is 5.78 Å². The van der Waals surface area contributed by atoms with Crippen LogP contribution in [-0.4, -0.2) is 36.6 Å². The largest absolute Gasteiger partial charge is 0.368 e. The molecule has 4 heteroatoms. The van der Waals surface area contributed by atoms with Crippen LogP contribution in [0.5, 0.6) is 0 Å². The Labute approximate surface area is 101 Å². The maximum atomic E-state index is 11.9. The van der Waals surface area contributed by atoms with Gasteiger partial charge in [0.15, 0.2) is 5.78 Å². The van der Waals surface area contributed by atoms with Gasteiger partial charge in [0.1, 0.15) is 6.10 Å². The van der Waals surface area contributed by atoms with Gasteiger partial charge in [-0.25, -0.2) is 0 Å². The van der Waals surface area contributed by atoms with Crippen LogP contribution in [-0.2, 0) is 22.4 Å². The number of aromatic nitrogens is 1. The van der Waals surface area contributed by atoms with Crippen LogP contribution in [0.1, 0.15) is 18.2 Å². The number of hydrogen-bond acceptors (Lipinski definition) is 4. The van der Waals surface area contributed by atoms with Crippen LogP contribution in [0, 0.1) is 0 Å². The summed E-state index contributed by atoms with van der Waals surface area (Å²) in [6, 6.07) is 3.95. The number of carbonyl (C=O) groups is 1. The van der Waals surface area contributed by atoms with Crippen molar-refractivity contribution in [3.05, 3.63) is 29.6 Å². The molecule has 1 atom stereocenters. The van der Waals surface area contributed by atoms with Crippen molar-refractivity contribution in [1.29, 1.82) is 0 Å². The molecule has 1 saturated heterocycles. The van der Waals surface area contributed by atoms with Gasteiger partial charge < -0.3 is 10.1 Å². The predicted octanol–water partition coefficient (Wildman–Crippen LogP) is 0.744. The maximum absolute atomic E-state index is 11.9. The number of aryl methyl sites for hydroxylation is 1. The van der Waals surface area contributed by atoms with Crippen molar-refractivity contribution in [2.24, 2.45) is 0 Å². The van der Waals surface area contributed by atoms with Gasteiger partial charge in [0.2, 0.25) is 0 Å². The molecular formula is C13H18N2O2. The summed E-state index contributed by atoms with van der Waals surface area (Å²) in [6.45, 7) is 4.14. The zero-order chi connectivity index (χ0) is 12.1. The van der Waals surface area contributed by atoms with Crippen LogP contribution in [0.15, 0.2) is 18.3 Å². The molecule has 1 aliphatic rings. The highest BCUT2D eigenvalue weighted by Crippen LogP contribution is 2.06. The Balaban J connectivity index is 1.92. The number of carbonyl (C=O) groups excluding carboxylic acids is 1. The number of morpholine rings is 1. The third kappa shape index (κ3) is 3.35. The van der Waals surface area contributed by atoms with E-state index in [2.05, 4.69) is 17.2 Å². The summed E-state index contributed by atoms with van der Waals surface area (Å²) in [6.07, 6.45) is 2.85. The number of ether oxygens (including phenoxy) is 1. The minimum absolute atomic E-state index is 0.106. The molecule has 0 aliphatic carbocycles. The molecule has 1 aliphatic heterocycles. The first-order valence-electron chi connectivity index (χ1n) is 6.08. The SMILES string of the molecule is CCc1ccc(CC(=O)C2CNCCO2)nc1. The van der Waals surface area contributed by atoms with Crippen molar-refractivity contribution in [1.82, 2.24) is 10.3 Å². The number of nitrogens with one attached hydrogen (secondary N) is 1. The van der Waals surface area contributed by atoms with E-state index in [9.17, 15) is 4.79 Å². The standard InChI is InChI=1S/C13H18N2O2/c1-2-10-3-4-11(15-8-10)7-12(16)13-9-14-5-6-17-13/h3-4,8,13-14H,2,5-7,9H2,1H3.